The van der Waals surface area contributed by atoms with E-state index in [2.05, 4.69) is 10.3 Å². The molecule has 1 N–H and O–H groups in total. The standard InChI is InChI=1S/C24H22ClN3O5S/c1-16(23(29)27-22-11-8-20(25)14-26-22)33-24(30)18-6-9-21(10-7-18)34(31,32)28-13-12-17-4-2-3-5-19(17)15-28/h2-11,14,16H,12-13,15H2,1H3,(H,26,27,29). The molecule has 1 aliphatic heterocycles. The summed E-state index contributed by atoms with van der Waals surface area (Å²) in [6, 6.07) is 16.3. The lowest BCUT2D eigenvalue weighted by atomic mass is 10.0. The molecule has 1 aromatic heterocycles. The fraction of sp³-hybridized carbons (Fsp3) is 0.208. The Morgan fingerprint density at radius 2 is 1.76 bits per heavy atom. The van der Waals surface area contributed by atoms with Crippen LogP contribution < -0.4 is 5.32 Å². The zero-order valence-corrected chi connectivity index (χ0v) is 19.8. The average molecular weight is 500 g/mol. The van der Waals surface area contributed by atoms with Crippen LogP contribution in [0.2, 0.25) is 5.02 Å². The predicted octanol–water partition coefficient (Wildman–Crippen LogP) is 3.67. The number of rotatable bonds is 6. The van der Waals surface area contributed by atoms with Crippen LogP contribution in [-0.2, 0) is 32.5 Å². The van der Waals surface area contributed by atoms with Crippen molar-refractivity contribution in [2.75, 3.05) is 11.9 Å². The fourth-order valence-electron chi connectivity index (χ4n) is 3.55. The number of esters is 1. The largest absolute Gasteiger partial charge is 0.449 e. The van der Waals surface area contributed by atoms with Crippen LogP contribution in [0.15, 0.2) is 71.8 Å². The Kier molecular flexibility index (Phi) is 6.97. The predicted molar refractivity (Wildman–Crippen MR) is 127 cm³/mol. The molecule has 0 radical (unpaired) electrons. The van der Waals surface area contributed by atoms with Gasteiger partial charge in [0.25, 0.3) is 5.91 Å². The number of sulfonamides is 1. The van der Waals surface area contributed by atoms with Crippen molar-refractivity contribution in [3.05, 3.63) is 88.6 Å². The lowest BCUT2D eigenvalue weighted by molar-refractivity contribution is -0.123. The van der Waals surface area contributed by atoms with Gasteiger partial charge in [0.05, 0.1) is 15.5 Å². The number of nitrogens with zero attached hydrogens (tertiary/aromatic N) is 2. The molecule has 2 heterocycles. The molecule has 34 heavy (non-hydrogen) atoms. The maximum atomic E-state index is 13.1. The summed E-state index contributed by atoms with van der Waals surface area (Å²) in [6.07, 6.45) is 0.930. The van der Waals surface area contributed by atoms with Gasteiger partial charge in [-0.25, -0.2) is 18.2 Å². The molecule has 1 atom stereocenters. The summed E-state index contributed by atoms with van der Waals surface area (Å²) in [7, 11) is -3.72. The number of benzene rings is 2. The van der Waals surface area contributed by atoms with Gasteiger partial charge in [-0.2, -0.15) is 4.31 Å². The number of hydrogen-bond acceptors (Lipinski definition) is 6. The molecule has 2 aromatic carbocycles. The average Bonchev–Trinajstić information content (AvgIpc) is 2.85. The SMILES string of the molecule is CC(OC(=O)c1ccc(S(=O)(=O)N2CCc3ccccc3C2)cc1)C(=O)Nc1ccc(Cl)cn1. The molecular formula is C24H22ClN3O5S. The lowest BCUT2D eigenvalue weighted by Gasteiger charge is -2.28. The fourth-order valence-corrected chi connectivity index (χ4v) is 5.08. The minimum Gasteiger partial charge on any atom is -0.449 e. The maximum Gasteiger partial charge on any atom is 0.338 e. The second-order valence-corrected chi connectivity index (χ2v) is 10.2. The maximum absolute atomic E-state index is 13.1. The van der Waals surface area contributed by atoms with E-state index in [4.69, 9.17) is 16.3 Å². The highest BCUT2D eigenvalue weighted by atomic mass is 35.5. The lowest BCUT2D eigenvalue weighted by Crippen LogP contribution is -2.35. The van der Waals surface area contributed by atoms with Crippen molar-refractivity contribution in [2.45, 2.75) is 30.9 Å². The van der Waals surface area contributed by atoms with Crippen molar-refractivity contribution in [2.24, 2.45) is 0 Å². The third kappa shape index (κ3) is 5.27. The van der Waals surface area contributed by atoms with Crippen molar-refractivity contribution in [3.63, 3.8) is 0 Å². The molecule has 0 bridgehead atoms. The quantitative estimate of drug-likeness (QED) is 0.519. The van der Waals surface area contributed by atoms with Crippen LogP contribution in [0.25, 0.3) is 0 Å². The van der Waals surface area contributed by atoms with Gasteiger partial charge in [-0.05, 0) is 60.9 Å². The second-order valence-electron chi connectivity index (χ2n) is 7.78. The van der Waals surface area contributed by atoms with Gasteiger partial charge in [0, 0.05) is 19.3 Å². The monoisotopic (exact) mass is 499 g/mol. The van der Waals surface area contributed by atoms with E-state index in [0.29, 0.717) is 24.5 Å². The number of anilines is 1. The first kappa shape index (κ1) is 23.9. The number of halogens is 1. The Bertz CT molecular complexity index is 1310. The van der Waals surface area contributed by atoms with Crippen LogP contribution in [0.5, 0.6) is 0 Å². The number of pyridine rings is 1. The van der Waals surface area contributed by atoms with Gasteiger partial charge in [0.2, 0.25) is 10.0 Å². The molecule has 10 heteroatoms. The van der Waals surface area contributed by atoms with E-state index in [0.717, 1.165) is 11.1 Å². The van der Waals surface area contributed by atoms with E-state index >= 15 is 0 Å². The number of ether oxygens (including phenoxy) is 1. The van der Waals surface area contributed by atoms with Crippen LogP contribution >= 0.6 is 11.6 Å². The van der Waals surface area contributed by atoms with Crippen LogP contribution in [0.3, 0.4) is 0 Å². The minimum absolute atomic E-state index is 0.0861. The molecule has 0 spiro atoms. The zero-order chi connectivity index (χ0) is 24.3. The van der Waals surface area contributed by atoms with Gasteiger partial charge < -0.3 is 10.1 Å². The molecule has 0 saturated heterocycles. The summed E-state index contributed by atoms with van der Waals surface area (Å²) in [5.41, 5.74) is 2.27. The molecule has 3 aromatic rings. The normalized spacial score (nSPS) is 14.6. The number of nitrogens with one attached hydrogen (secondary N) is 1. The summed E-state index contributed by atoms with van der Waals surface area (Å²) in [5.74, 6) is -1.04. The first-order chi connectivity index (χ1) is 16.2. The molecule has 0 saturated carbocycles. The Labute approximate surface area is 202 Å². The summed E-state index contributed by atoms with van der Waals surface area (Å²) in [4.78, 5) is 28.8. The van der Waals surface area contributed by atoms with Crippen molar-refractivity contribution in [3.8, 4) is 0 Å². The van der Waals surface area contributed by atoms with Crippen molar-refractivity contribution >= 4 is 39.3 Å². The molecule has 4 rings (SSSR count). The van der Waals surface area contributed by atoms with Crippen molar-refractivity contribution < 1.29 is 22.7 Å². The first-order valence-electron chi connectivity index (χ1n) is 10.5. The number of carbonyl (C=O) groups excluding carboxylic acids is 2. The molecule has 1 unspecified atom stereocenters. The van der Waals surface area contributed by atoms with Gasteiger partial charge in [-0.15, -0.1) is 0 Å². The molecular weight excluding hydrogens is 478 g/mol. The Morgan fingerprint density at radius 1 is 1.06 bits per heavy atom. The smallest absolute Gasteiger partial charge is 0.338 e. The summed E-state index contributed by atoms with van der Waals surface area (Å²) in [5, 5.41) is 2.95. The molecule has 8 nitrogen and oxygen atoms in total. The highest BCUT2D eigenvalue weighted by molar-refractivity contribution is 7.89. The first-order valence-corrected chi connectivity index (χ1v) is 12.4. The summed E-state index contributed by atoms with van der Waals surface area (Å²) >= 11 is 5.77. The van der Waals surface area contributed by atoms with Crippen LogP contribution in [0.1, 0.15) is 28.4 Å². The molecule has 176 valence electrons. The van der Waals surface area contributed by atoms with E-state index in [1.165, 1.54) is 47.8 Å². The van der Waals surface area contributed by atoms with Crippen LogP contribution in [0, 0.1) is 0 Å². The van der Waals surface area contributed by atoms with Gasteiger partial charge in [-0.1, -0.05) is 35.9 Å². The summed E-state index contributed by atoms with van der Waals surface area (Å²) < 4.78 is 32.8. The van der Waals surface area contributed by atoms with Gasteiger partial charge >= 0.3 is 5.97 Å². The van der Waals surface area contributed by atoms with E-state index in [1.54, 1.807) is 6.07 Å². The van der Waals surface area contributed by atoms with E-state index in [9.17, 15) is 18.0 Å². The number of hydrogen-bond donors (Lipinski definition) is 1. The Hall–Kier alpha value is -3.27. The molecule has 1 aliphatic rings. The Balaban J connectivity index is 1.39. The van der Waals surface area contributed by atoms with Crippen molar-refractivity contribution in [1.29, 1.82) is 0 Å². The summed E-state index contributed by atoms with van der Waals surface area (Å²) in [6.45, 7) is 2.12. The van der Waals surface area contributed by atoms with Gasteiger partial charge in [0.15, 0.2) is 6.10 Å². The molecule has 0 fully saturated rings. The van der Waals surface area contributed by atoms with Crippen LogP contribution in [-0.4, -0.2) is 42.2 Å². The second kappa shape index (κ2) is 9.92. The molecule has 1 amide bonds. The van der Waals surface area contributed by atoms with E-state index < -0.39 is 28.0 Å². The van der Waals surface area contributed by atoms with E-state index in [-0.39, 0.29) is 16.3 Å². The third-order valence-electron chi connectivity index (χ3n) is 5.46. The topological polar surface area (TPSA) is 106 Å². The minimum atomic E-state index is -3.72. The van der Waals surface area contributed by atoms with Gasteiger partial charge in [0.1, 0.15) is 5.82 Å². The number of amides is 1. The molecule has 0 aliphatic carbocycles. The zero-order valence-electron chi connectivity index (χ0n) is 18.3. The Morgan fingerprint density at radius 3 is 2.44 bits per heavy atom. The highest BCUT2D eigenvalue weighted by Gasteiger charge is 2.28. The van der Waals surface area contributed by atoms with Gasteiger partial charge in [-0.3, -0.25) is 4.79 Å². The third-order valence-corrected chi connectivity index (χ3v) is 7.54. The van der Waals surface area contributed by atoms with E-state index in [1.807, 2.05) is 24.3 Å². The number of carbonyl (C=O) groups is 2. The number of fused-ring (bicyclic) bond motifs is 1. The highest BCUT2D eigenvalue weighted by Crippen LogP contribution is 2.25. The van der Waals surface area contributed by atoms with Crippen molar-refractivity contribution in [1.82, 2.24) is 9.29 Å². The number of aromatic nitrogens is 1. The van der Waals surface area contributed by atoms with Crippen LogP contribution in [0.4, 0.5) is 5.82 Å².